The fourth-order valence-electron chi connectivity index (χ4n) is 2.42. The second kappa shape index (κ2) is 8.15. The standard InChI is InChI=1S/C16H24N4O.ClH/c1-3-10-16(2,17)15(21)18-11-6-9-14-19-12-7-4-5-8-13(12)20-14;/h4-5,7-8H,3,6,9-11,17H2,1-2H3,(H,18,21)(H,19,20);1H. The van der Waals surface area contributed by atoms with Gasteiger partial charge < -0.3 is 16.0 Å². The molecule has 1 unspecified atom stereocenters. The number of rotatable bonds is 7. The van der Waals surface area contributed by atoms with E-state index in [9.17, 15) is 4.79 Å². The van der Waals surface area contributed by atoms with E-state index in [-0.39, 0.29) is 18.3 Å². The average molecular weight is 325 g/mol. The molecule has 4 N–H and O–H groups in total. The Morgan fingerprint density at radius 3 is 2.82 bits per heavy atom. The molecule has 0 aliphatic rings. The van der Waals surface area contributed by atoms with E-state index in [1.165, 1.54) is 0 Å². The summed E-state index contributed by atoms with van der Waals surface area (Å²) in [5.41, 5.74) is 7.25. The maximum Gasteiger partial charge on any atom is 0.239 e. The van der Waals surface area contributed by atoms with Crippen molar-refractivity contribution in [2.45, 2.75) is 45.1 Å². The maximum absolute atomic E-state index is 11.9. The third-order valence-corrected chi connectivity index (χ3v) is 3.60. The third-order valence-electron chi connectivity index (χ3n) is 3.60. The fourth-order valence-corrected chi connectivity index (χ4v) is 2.42. The van der Waals surface area contributed by atoms with Crippen molar-refractivity contribution in [2.75, 3.05) is 6.54 Å². The van der Waals surface area contributed by atoms with Gasteiger partial charge in [-0.05, 0) is 31.9 Å². The number of para-hydroxylation sites is 2. The molecule has 122 valence electrons. The summed E-state index contributed by atoms with van der Waals surface area (Å²) in [6.45, 7) is 4.43. The molecule has 5 nitrogen and oxygen atoms in total. The van der Waals surface area contributed by atoms with Gasteiger partial charge in [-0.3, -0.25) is 4.79 Å². The number of H-pyrrole nitrogens is 1. The molecule has 0 bridgehead atoms. The Hall–Kier alpha value is -1.59. The van der Waals surface area contributed by atoms with Crippen molar-refractivity contribution in [1.82, 2.24) is 15.3 Å². The molecule has 6 heteroatoms. The number of nitrogens with one attached hydrogen (secondary N) is 2. The van der Waals surface area contributed by atoms with Gasteiger partial charge in [0.2, 0.25) is 5.91 Å². The van der Waals surface area contributed by atoms with Crippen LogP contribution in [0.4, 0.5) is 0 Å². The van der Waals surface area contributed by atoms with Gasteiger partial charge in [-0.1, -0.05) is 25.5 Å². The maximum atomic E-state index is 11.9. The van der Waals surface area contributed by atoms with Crippen molar-refractivity contribution in [3.05, 3.63) is 30.1 Å². The minimum atomic E-state index is -0.770. The van der Waals surface area contributed by atoms with Gasteiger partial charge in [-0.25, -0.2) is 4.98 Å². The van der Waals surface area contributed by atoms with Gasteiger partial charge in [0.25, 0.3) is 0 Å². The van der Waals surface area contributed by atoms with Gasteiger partial charge in [0.1, 0.15) is 5.82 Å². The number of aromatic amines is 1. The van der Waals surface area contributed by atoms with E-state index in [1.54, 1.807) is 6.92 Å². The van der Waals surface area contributed by atoms with Crippen LogP contribution >= 0.6 is 12.4 Å². The smallest absolute Gasteiger partial charge is 0.239 e. The summed E-state index contributed by atoms with van der Waals surface area (Å²) in [6, 6.07) is 7.96. The van der Waals surface area contributed by atoms with Gasteiger partial charge in [0.05, 0.1) is 16.6 Å². The summed E-state index contributed by atoms with van der Waals surface area (Å²) in [4.78, 5) is 19.7. The van der Waals surface area contributed by atoms with Gasteiger partial charge >= 0.3 is 0 Å². The van der Waals surface area contributed by atoms with Crippen LogP contribution < -0.4 is 11.1 Å². The summed E-state index contributed by atoms with van der Waals surface area (Å²) in [7, 11) is 0. The minimum Gasteiger partial charge on any atom is -0.355 e. The summed E-state index contributed by atoms with van der Waals surface area (Å²) >= 11 is 0. The van der Waals surface area contributed by atoms with E-state index >= 15 is 0 Å². The predicted molar refractivity (Wildman–Crippen MR) is 92.2 cm³/mol. The van der Waals surface area contributed by atoms with Crippen LogP contribution in [0.25, 0.3) is 11.0 Å². The van der Waals surface area contributed by atoms with E-state index < -0.39 is 5.54 Å². The first-order valence-electron chi connectivity index (χ1n) is 7.54. The average Bonchev–Trinajstić information content (AvgIpc) is 2.85. The molecule has 1 aromatic heterocycles. The zero-order valence-corrected chi connectivity index (χ0v) is 14.0. The van der Waals surface area contributed by atoms with E-state index in [1.807, 2.05) is 31.2 Å². The molecule has 2 rings (SSSR count). The molecule has 0 saturated heterocycles. The lowest BCUT2D eigenvalue weighted by molar-refractivity contribution is -0.126. The van der Waals surface area contributed by atoms with Crippen molar-refractivity contribution in [1.29, 1.82) is 0 Å². The molecule has 0 radical (unpaired) electrons. The normalized spacial score (nSPS) is 13.4. The summed E-state index contributed by atoms with van der Waals surface area (Å²) in [5, 5.41) is 2.91. The monoisotopic (exact) mass is 324 g/mol. The second-order valence-electron chi connectivity index (χ2n) is 5.73. The molecule has 1 heterocycles. The van der Waals surface area contributed by atoms with E-state index in [2.05, 4.69) is 15.3 Å². The number of carbonyl (C=O) groups is 1. The first kappa shape index (κ1) is 18.5. The van der Waals surface area contributed by atoms with E-state index in [0.717, 1.165) is 36.1 Å². The van der Waals surface area contributed by atoms with Gasteiger partial charge in [-0.2, -0.15) is 0 Å². The van der Waals surface area contributed by atoms with E-state index in [0.29, 0.717) is 13.0 Å². The number of amides is 1. The van der Waals surface area contributed by atoms with Crippen LogP contribution in [-0.2, 0) is 11.2 Å². The van der Waals surface area contributed by atoms with Crippen LogP contribution in [0, 0.1) is 0 Å². The molecule has 2 aromatic rings. The molecular weight excluding hydrogens is 300 g/mol. The third kappa shape index (κ3) is 4.71. The van der Waals surface area contributed by atoms with Crippen LogP contribution in [0.2, 0.25) is 0 Å². The highest BCUT2D eigenvalue weighted by atomic mass is 35.5. The van der Waals surface area contributed by atoms with Crippen LogP contribution in [0.5, 0.6) is 0 Å². The predicted octanol–water partition coefficient (Wildman–Crippen LogP) is 2.55. The minimum absolute atomic E-state index is 0. The number of aromatic nitrogens is 2. The Kier molecular flexibility index (Phi) is 6.84. The summed E-state index contributed by atoms with van der Waals surface area (Å²) in [6.07, 6.45) is 3.25. The number of carbonyl (C=O) groups excluding carboxylic acids is 1. The molecule has 0 saturated carbocycles. The largest absolute Gasteiger partial charge is 0.355 e. The van der Waals surface area contributed by atoms with Crippen molar-refractivity contribution >= 4 is 29.3 Å². The molecular formula is C16H25ClN4O. The number of nitrogens with zero attached hydrogens (tertiary/aromatic N) is 1. The highest BCUT2D eigenvalue weighted by Crippen LogP contribution is 2.11. The SMILES string of the molecule is CCCC(C)(N)C(=O)NCCCc1nc2ccccc2[nH]1.Cl. The van der Waals surface area contributed by atoms with Gasteiger partial charge in [-0.15, -0.1) is 12.4 Å². The number of fused-ring (bicyclic) bond motifs is 1. The van der Waals surface area contributed by atoms with Crippen LogP contribution in [0.1, 0.15) is 38.9 Å². The first-order chi connectivity index (χ1) is 10.0. The van der Waals surface area contributed by atoms with Crippen LogP contribution in [0.3, 0.4) is 0 Å². The molecule has 0 aliphatic heterocycles. The van der Waals surface area contributed by atoms with Crippen molar-refractivity contribution in [3.63, 3.8) is 0 Å². The zero-order valence-electron chi connectivity index (χ0n) is 13.2. The number of aryl methyl sites for hydroxylation is 1. The number of hydrogen-bond donors (Lipinski definition) is 3. The highest BCUT2D eigenvalue weighted by molar-refractivity contribution is 5.85. The molecule has 22 heavy (non-hydrogen) atoms. The van der Waals surface area contributed by atoms with E-state index in [4.69, 9.17) is 5.73 Å². The topological polar surface area (TPSA) is 83.8 Å². The molecule has 0 aliphatic carbocycles. The van der Waals surface area contributed by atoms with Crippen LogP contribution in [-0.4, -0.2) is 28.0 Å². The van der Waals surface area contributed by atoms with Crippen molar-refractivity contribution < 1.29 is 4.79 Å². The quantitative estimate of drug-likeness (QED) is 0.684. The molecule has 1 aromatic carbocycles. The molecule has 0 spiro atoms. The highest BCUT2D eigenvalue weighted by Gasteiger charge is 2.26. The summed E-state index contributed by atoms with van der Waals surface area (Å²) < 4.78 is 0. The Bertz CT molecular complexity index is 576. The van der Waals surface area contributed by atoms with Crippen molar-refractivity contribution in [2.24, 2.45) is 5.73 Å². The lowest BCUT2D eigenvalue weighted by Gasteiger charge is -2.22. The number of hydrogen-bond acceptors (Lipinski definition) is 3. The van der Waals surface area contributed by atoms with Gasteiger partial charge in [0, 0.05) is 13.0 Å². The Balaban J connectivity index is 0.00000242. The molecule has 0 fully saturated rings. The number of nitrogens with two attached hydrogens (primary N) is 1. The Labute approximate surface area is 137 Å². The van der Waals surface area contributed by atoms with Gasteiger partial charge in [0.15, 0.2) is 0 Å². The fraction of sp³-hybridized carbons (Fsp3) is 0.500. The second-order valence-corrected chi connectivity index (χ2v) is 5.73. The molecule has 1 atom stereocenters. The van der Waals surface area contributed by atoms with Crippen molar-refractivity contribution in [3.8, 4) is 0 Å². The summed E-state index contributed by atoms with van der Waals surface area (Å²) in [5.74, 6) is 0.878. The lowest BCUT2D eigenvalue weighted by atomic mass is 9.96. The lowest BCUT2D eigenvalue weighted by Crippen LogP contribution is -2.51. The zero-order chi connectivity index (χ0) is 15.3. The Morgan fingerprint density at radius 1 is 1.41 bits per heavy atom. The first-order valence-corrected chi connectivity index (χ1v) is 7.54. The Morgan fingerprint density at radius 2 is 2.14 bits per heavy atom. The van der Waals surface area contributed by atoms with Crippen LogP contribution in [0.15, 0.2) is 24.3 Å². The number of benzene rings is 1. The molecule has 1 amide bonds. The number of imidazole rings is 1. The number of halogens is 1.